The Bertz CT molecular complexity index is 1600. The highest BCUT2D eigenvalue weighted by molar-refractivity contribution is 7.90. The Balaban J connectivity index is 1.39. The number of amidine groups is 1. The minimum atomic E-state index is -3.91. The van der Waals surface area contributed by atoms with Gasteiger partial charge in [0.25, 0.3) is 5.91 Å². The predicted molar refractivity (Wildman–Crippen MR) is 182 cm³/mol. The Morgan fingerprint density at radius 2 is 1.87 bits per heavy atom. The van der Waals surface area contributed by atoms with Gasteiger partial charge in [0.05, 0.1) is 17.4 Å². The predicted octanol–water partition coefficient (Wildman–Crippen LogP) is 6.39. The van der Waals surface area contributed by atoms with Gasteiger partial charge < -0.3 is 19.4 Å². The highest BCUT2D eigenvalue weighted by Gasteiger charge is 2.53. The van der Waals surface area contributed by atoms with Crippen molar-refractivity contribution in [3.63, 3.8) is 0 Å². The lowest BCUT2D eigenvalue weighted by Gasteiger charge is -2.48. The molecular formula is C35H47ClN4O5S. The number of amides is 1. The van der Waals surface area contributed by atoms with Crippen molar-refractivity contribution in [3.05, 3.63) is 58.1 Å². The summed E-state index contributed by atoms with van der Waals surface area (Å²) in [5.74, 6) is 1.57. The number of fused-ring (bicyclic) bond motifs is 4. The SMILES string of the molecule is C[C@@H]1[C@@H](C)CCC[C@]2(CC(N(C)C)=NO2)[C@@H]2CC[C@H]2CN2CCCCc3cc(Cl)ccc3COc3ccc(cc32)C(=O)NS1(=O)=O. The minimum Gasteiger partial charge on any atom is -0.487 e. The molecule has 46 heavy (non-hydrogen) atoms. The van der Waals surface area contributed by atoms with Crippen molar-refractivity contribution in [1.82, 2.24) is 9.62 Å². The molecule has 3 aliphatic heterocycles. The lowest BCUT2D eigenvalue weighted by Crippen LogP contribution is -2.51. The number of ether oxygens (including phenoxy) is 1. The first kappa shape index (κ1) is 32.9. The maximum atomic E-state index is 13.5. The molecule has 6 rings (SSSR count). The van der Waals surface area contributed by atoms with E-state index in [0.29, 0.717) is 36.2 Å². The summed E-state index contributed by atoms with van der Waals surface area (Å²) in [7, 11) is 0.106. The molecule has 5 atom stereocenters. The van der Waals surface area contributed by atoms with E-state index in [2.05, 4.69) is 14.8 Å². The molecule has 3 heterocycles. The lowest BCUT2D eigenvalue weighted by molar-refractivity contribution is -0.118. The molecule has 9 nitrogen and oxygen atoms in total. The van der Waals surface area contributed by atoms with Crippen molar-refractivity contribution >= 4 is 39.1 Å². The fourth-order valence-electron chi connectivity index (χ4n) is 7.62. The van der Waals surface area contributed by atoms with Gasteiger partial charge >= 0.3 is 0 Å². The number of rotatable bonds is 0. The van der Waals surface area contributed by atoms with Crippen molar-refractivity contribution in [3.8, 4) is 5.75 Å². The van der Waals surface area contributed by atoms with Gasteiger partial charge in [-0.25, -0.2) is 13.1 Å². The van der Waals surface area contributed by atoms with Crippen molar-refractivity contribution in [2.75, 3.05) is 32.1 Å². The summed E-state index contributed by atoms with van der Waals surface area (Å²) in [5, 5.41) is 4.54. The number of hydrogen-bond donors (Lipinski definition) is 1. The van der Waals surface area contributed by atoms with Gasteiger partial charge in [-0.3, -0.25) is 4.79 Å². The van der Waals surface area contributed by atoms with E-state index in [1.165, 1.54) is 5.56 Å². The van der Waals surface area contributed by atoms with Crippen LogP contribution in [0.1, 0.15) is 86.7 Å². The summed E-state index contributed by atoms with van der Waals surface area (Å²) in [4.78, 5) is 24.3. The molecule has 2 aromatic carbocycles. The third-order valence-corrected chi connectivity index (χ3v) is 13.0. The summed E-state index contributed by atoms with van der Waals surface area (Å²) in [6.45, 7) is 5.58. The first-order chi connectivity index (χ1) is 22.0. The number of carbonyl (C=O) groups is 1. The van der Waals surface area contributed by atoms with Gasteiger partial charge in [0.1, 0.15) is 23.8 Å². The summed E-state index contributed by atoms with van der Waals surface area (Å²) < 4.78 is 35.7. The second kappa shape index (κ2) is 13.3. The number of nitrogens with one attached hydrogen (secondary N) is 1. The molecule has 1 saturated carbocycles. The highest BCUT2D eigenvalue weighted by Crippen LogP contribution is 2.51. The number of anilines is 1. The van der Waals surface area contributed by atoms with Gasteiger partial charge in [-0.05, 0) is 112 Å². The average Bonchev–Trinajstić information content (AvgIpc) is 3.42. The van der Waals surface area contributed by atoms with Crippen LogP contribution in [0.2, 0.25) is 5.02 Å². The molecule has 4 aliphatic rings. The molecule has 1 amide bonds. The molecule has 0 aromatic heterocycles. The van der Waals surface area contributed by atoms with Crippen LogP contribution >= 0.6 is 11.6 Å². The third kappa shape index (κ3) is 6.70. The number of halogens is 1. The molecule has 250 valence electrons. The molecule has 2 bridgehead atoms. The van der Waals surface area contributed by atoms with Gasteiger partial charge in [-0.1, -0.05) is 29.7 Å². The second-order valence-electron chi connectivity index (χ2n) is 14.0. The summed E-state index contributed by atoms with van der Waals surface area (Å²) >= 11 is 6.36. The van der Waals surface area contributed by atoms with Crippen LogP contribution in [0.4, 0.5) is 5.69 Å². The Labute approximate surface area is 278 Å². The third-order valence-electron chi connectivity index (χ3n) is 10.9. The van der Waals surface area contributed by atoms with E-state index in [9.17, 15) is 13.2 Å². The van der Waals surface area contributed by atoms with Crippen molar-refractivity contribution in [2.45, 2.75) is 89.1 Å². The fraction of sp³-hybridized carbons (Fsp3) is 0.600. The van der Waals surface area contributed by atoms with Crippen LogP contribution in [0.15, 0.2) is 41.6 Å². The molecule has 2 aromatic rings. The highest BCUT2D eigenvalue weighted by atomic mass is 35.5. The van der Waals surface area contributed by atoms with Crippen LogP contribution in [0.5, 0.6) is 5.75 Å². The number of aryl methyl sites for hydroxylation is 1. The zero-order valence-corrected chi connectivity index (χ0v) is 29.0. The molecular weight excluding hydrogens is 624 g/mol. The number of hydrogen-bond acceptors (Lipinski definition) is 8. The minimum absolute atomic E-state index is 0.142. The van der Waals surface area contributed by atoms with Gasteiger partial charge in [-0.15, -0.1) is 0 Å². The van der Waals surface area contributed by atoms with E-state index in [-0.39, 0.29) is 5.92 Å². The van der Waals surface area contributed by atoms with E-state index in [1.54, 1.807) is 13.0 Å². The fourth-order valence-corrected chi connectivity index (χ4v) is 9.13. The van der Waals surface area contributed by atoms with Gasteiger partial charge in [0.2, 0.25) is 10.0 Å². The van der Waals surface area contributed by atoms with Crippen LogP contribution in [-0.4, -0.2) is 63.1 Å². The summed E-state index contributed by atoms with van der Waals surface area (Å²) in [6.07, 6.45) is 8.08. The van der Waals surface area contributed by atoms with E-state index in [0.717, 1.165) is 86.6 Å². The molecule has 1 aliphatic carbocycles. The van der Waals surface area contributed by atoms with Crippen LogP contribution in [0.25, 0.3) is 0 Å². The van der Waals surface area contributed by atoms with Crippen molar-refractivity contribution in [2.24, 2.45) is 22.9 Å². The molecule has 1 N–H and O–H groups in total. The Morgan fingerprint density at radius 1 is 1.04 bits per heavy atom. The maximum absolute atomic E-state index is 13.5. The summed E-state index contributed by atoms with van der Waals surface area (Å²) in [6, 6.07) is 11.2. The number of oxime groups is 1. The van der Waals surface area contributed by atoms with Crippen LogP contribution < -0.4 is 14.4 Å². The summed E-state index contributed by atoms with van der Waals surface area (Å²) in [5.41, 5.74) is 2.98. The quantitative estimate of drug-likeness (QED) is 0.347. The zero-order chi connectivity index (χ0) is 32.6. The molecule has 1 spiro atoms. The topological polar surface area (TPSA) is 101 Å². The smallest absolute Gasteiger partial charge is 0.264 e. The zero-order valence-electron chi connectivity index (χ0n) is 27.4. The first-order valence-electron chi connectivity index (χ1n) is 16.7. The van der Waals surface area contributed by atoms with Gasteiger partial charge in [-0.2, -0.15) is 0 Å². The van der Waals surface area contributed by atoms with E-state index < -0.39 is 26.8 Å². The largest absolute Gasteiger partial charge is 0.487 e. The normalized spacial score (nSPS) is 29.9. The van der Waals surface area contributed by atoms with Crippen molar-refractivity contribution in [1.29, 1.82) is 0 Å². The number of nitrogens with zero attached hydrogens (tertiary/aromatic N) is 3. The number of benzene rings is 2. The van der Waals surface area contributed by atoms with E-state index >= 15 is 0 Å². The lowest BCUT2D eigenvalue weighted by atomic mass is 9.62. The first-order valence-corrected chi connectivity index (χ1v) is 18.7. The molecule has 11 heteroatoms. The standard InChI is InChI=1S/C35H47ClN4O5S/c1-23-8-7-16-35(20-33(37-45-35)39(3)4)30-14-11-27(30)21-40-17-6-5-9-25-18-29(36)13-10-28(25)22-44-32-15-12-26(19-31(32)40)34(41)38-46(42,43)24(23)2/h10,12-13,15,18-19,23-24,27,30H,5-9,11,14,16-17,20-22H2,1-4H3,(H,38,41)/t23-,24+,27-,30+,35-/m0/s1. The Hall–Kier alpha value is -2.98. The Kier molecular flexibility index (Phi) is 9.50. The second-order valence-corrected chi connectivity index (χ2v) is 16.5. The molecule has 0 unspecified atom stereocenters. The van der Waals surface area contributed by atoms with Crippen LogP contribution in [0, 0.1) is 17.8 Å². The van der Waals surface area contributed by atoms with Crippen molar-refractivity contribution < 1.29 is 22.8 Å². The number of sulfonamides is 1. The monoisotopic (exact) mass is 670 g/mol. The van der Waals surface area contributed by atoms with Crippen LogP contribution in [0.3, 0.4) is 0 Å². The van der Waals surface area contributed by atoms with Gasteiger partial charge in [0, 0.05) is 43.7 Å². The Morgan fingerprint density at radius 3 is 2.61 bits per heavy atom. The van der Waals surface area contributed by atoms with Gasteiger partial charge in [0.15, 0.2) is 0 Å². The average molecular weight is 671 g/mol. The van der Waals surface area contributed by atoms with Crippen LogP contribution in [-0.2, 0) is 27.9 Å². The number of carbonyl (C=O) groups excluding carboxylic acids is 1. The van der Waals surface area contributed by atoms with E-state index in [4.69, 9.17) is 21.2 Å². The molecule has 0 radical (unpaired) electrons. The maximum Gasteiger partial charge on any atom is 0.264 e. The molecule has 0 saturated heterocycles. The van der Waals surface area contributed by atoms with E-state index in [1.807, 2.05) is 56.3 Å². The molecule has 1 fully saturated rings.